The molecule has 1 aliphatic carbocycles. The third-order valence-electron chi connectivity index (χ3n) is 8.47. The van der Waals surface area contributed by atoms with Gasteiger partial charge in [-0.2, -0.15) is 16.1 Å². The van der Waals surface area contributed by atoms with Crippen LogP contribution in [0.3, 0.4) is 0 Å². The van der Waals surface area contributed by atoms with Crippen LogP contribution in [0, 0.1) is 12.8 Å². The minimum Gasteiger partial charge on any atom is -0.548 e. The second kappa shape index (κ2) is 17.8. The Bertz CT molecular complexity index is 1290. The normalized spacial score (nSPS) is 15.0. The zero-order valence-electron chi connectivity index (χ0n) is 26.1. The summed E-state index contributed by atoms with van der Waals surface area (Å²) in [5.74, 6) is -0.335. The molecule has 1 unspecified atom stereocenters. The molecular formula is C34H49N2O5S2-. The van der Waals surface area contributed by atoms with Crippen LogP contribution >= 0.6 is 11.8 Å². The van der Waals surface area contributed by atoms with Gasteiger partial charge >= 0.3 is 0 Å². The molecule has 3 rings (SSSR count). The number of carbonyl (C=O) groups excluding carboxylic acids is 2. The number of nitrogens with one attached hydrogen (secondary N) is 1. The molecule has 9 heteroatoms. The zero-order chi connectivity index (χ0) is 31.2. The number of aliphatic carboxylic acids is 1. The molecule has 1 fully saturated rings. The van der Waals surface area contributed by atoms with E-state index in [1.54, 1.807) is 16.4 Å². The Morgan fingerprint density at radius 1 is 1.05 bits per heavy atom. The first-order valence-electron chi connectivity index (χ1n) is 15.8. The van der Waals surface area contributed by atoms with E-state index in [0.29, 0.717) is 29.8 Å². The Morgan fingerprint density at radius 3 is 2.47 bits per heavy atom. The van der Waals surface area contributed by atoms with Gasteiger partial charge in [-0.05, 0) is 78.5 Å². The molecule has 2 aromatic carbocycles. The lowest BCUT2D eigenvalue weighted by atomic mass is 9.86. The summed E-state index contributed by atoms with van der Waals surface area (Å²) in [5.41, 5.74) is 3.60. The van der Waals surface area contributed by atoms with Gasteiger partial charge in [0.05, 0.1) is 17.8 Å². The standard InChI is InChI=1S/C34H50N2O5S2/c1-4-5-23-43(40,41)36(21-12-11-16-27-14-7-6-8-15-27)25-28-18-19-30(31(24-28)29-17-10-9-13-26(29)2)33(37)35-32(34(38)39)20-22-42-3/h9-10,13,17-19,24,27,32H,4-8,11-12,14-16,20-23,25H2,1-3H3,(H,35,37)(H,38,39)/p-1. The van der Waals surface area contributed by atoms with Crippen molar-refractivity contribution >= 4 is 33.7 Å². The molecule has 1 N–H and O–H groups in total. The van der Waals surface area contributed by atoms with Gasteiger partial charge in [0, 0.05) is 18.7 Å². The Morgan fingerprint density at radius 2 is 1.79 bits per heavy atom. The fourth-order valence-electron chi connectivity index (χ4n) is 5.88. The lowest BCUT2D eigenvalue weighted by Gasteiger charge is -2.25. The number of nitrogens with zero attached hydrogens (tertiary/aromatic N) is 1. The Labute approximate surface area is 263 Å². The quantitative estimate of drug-likeness (QED) is 0.205. The maximum atomic E-state index is 13.4. The van der Waals surface area contributed by atoms with Crippen LogP contribution in [0.4, 0.5) is 0 Å². The van der Waals surface area contributed by atoms with Crippen molar-refractivity contribution in [3.05, 3.63) is 59.2 Å². The predicted octanol–water partition coefficient (Wildman–Crippen LogP) is 5.95. The highest BCUT2D eigenvalue weighted by Gasteiger charge is 2.24. The summed E-state index contributed by atoms with van der Waals surface area (Å²) in [4.78, 5) is 25.2. The van der Waals surface area contributed by atoms with E-state index >= 15 is 0 Å². The summed E-state index contributed by atoms with van der Waals surface area (Å²) < 4.78 is 28.5. The van der Waals surface area contributed by atoms with Gasteiger partial charge in [-0.1, -0.05) is 88.6 Å². The number of rotatable bonds is 18. The molecule has 0 aromatic heterocycles. The maximum Gasteiger partial charge on any atom is 0.252 e. The lowest BCUT2D eigenvalue weighted by molar-refractivity contribution is -0.308. The van der Waals surface area contributed by atoms with Crippen molar-refractivity contribution in [1.82, 2.24) is 9.62 Å². The maximum absolute atomic E-state index is 13.4. The van der Waals surface area contributed by atoms with Crippen LogP contribution in [-0.2, 0) is 21.4 Å². The number of benzene rings is 2. The summed E-state index contributed by atoms with van der Waals surface area (Å²) in [6.07, 6.45) is 13.1. The number of unbranched alkanes of at least 4 members (excludes halogenated alkanes) is 2. The highest BCUT2D eigenvalue weighted by Crippen LogP contribution is 2.30. The van der Waals surface area contributed by atoms with Crippen LogP contribution in [0.2, 0.25) is 0 Å². The molecule has 1 aliphatic rings. The van der Waals surface area contributed by atoms with Gasteiger partial charge in [-0.15, -0.1) is 0 Å². The molecule has 238 valence electrons. The third-order valence-corrected chi connectivity index (χ3v) is 11.0. The molecule has 43 heavy (non-hydrogen) atoms. The van der Waals surface area contributed by atoms with Gasteiger partial charge in [0.25, 0.3) is 5.91 Å². The third kappa shape index (κ3) is 10.9. The molecule has 1 saturated carbocycles. The molecule has 7 nitrogen and oxygen atoms in total. The van der Waals surface area contributed by atoms with E-state index in [9.17, 15) is 23.1 Å². The van der Waals surface area contributed by atoms with Gasteiger partial charge < -0.3 is 15.2 Å². The lowest BCUT2D eigenvalue weighted by Crippen LogP contribution is -2.48. The minimum absolute atomic E-state index is 0.123. The summed E-state index contributed by atoms with van der Waals surface area (Å²) in [7, 11) is -3.45. The largest absolute Gasteiger partial charge is 0.548 e. The average molecular weight is 630 g/mol. The topological polar surface area (TPSA) is 107 Å². The predicted molar refractivity (Wildman–Crippen MR) is 175 cm³/mol. The van der Waals surface area contributed by atoms with Gasteiger partial charge in [-0.25, -0.2) is 8.42 Å². The first-order chi connectivity index (χ1) is 20.7. The fourth-order valence-corrected chi connectivity index (χ4v) is 8.02. The van der Waals surface area contributed by atoms with Crippen LogP contribution in [0.5, 0.6) is 0 Å². The Balaban J connectivity index is 1.87. The monoisotopic (exact) mass is 629 g/mol. The second-order valence-corrected chi connectivity index (χ2v) is 14.9. The number of hydrogen-bond donors (Lipinski definition) is 1. The van der Waals surface area contributed by atoms with Crippen LogP contribution in [0.1, 0.15) is 99.0 Å². The molecule has 1 atom stereocenters. The van der Waals surface area contributed by atoms with E-state index in [4.69, 9.17) is 0 Å². The number of carboxylic acid groups (broad SMARTS) is 1. The molecule has 2 aromatic rings. The number of amides is 1. The van der Waals surface area contributed by atoms with Gasteiger partial charge in [0.15, 0.2) is 0 Å². The molecule has 0 spiro atoms. The van der Waals surface area contributed by atoms with Crippen molar-refractivity contribution in [2.45, 2.75) is 97.1 Å². The molecule has 0 heterocycles. The van der Waals surface area contributed by atoms with Gasteiger partial charge in [0.1, 0.15) is 0 Å². The van der Waals surface area contributed by atoms with Gasteiger partial charge in [-0.3, -0.25) is 4.79 Å². The highest BCUT2D eigenvalue weighted by molar-refractivity contribution is 7.98. The fraction of sp³-hybridized carbons (Fsp3) is 0.588. The van der Waals surface area contributed by atoms with E-state index in [2.05, 4.69) is 5.32 Å². The van der Waals surface area contributed by atoms with E-state index in [0.717, 1.165) is 48.3 Å². The highest BCUT2D eigenvalue weighted by atomic mass is 32.2. The van der Waals surface area contributed by atoms with Crippen molar-refractivity contribution in [3.63, 3.8) is 0 Å². The SMILES string of the molecule is CCCCS(=O)(=O)N(CCCCC1CCCCC1)Cc1ccc(C(=O)NC(CCSC)C(=O)[O-])c(-c2ccccc2C)c1. The first kappa shape index (κ1) is 35.1. The van der Waals surface area contributed by atoms with E-state index in [-0.39, 0.29) is 18.7 Å². The smallest absolute Gasteiger partial charge is 0.252 e. The zero-order valence-corrected chi connectivity index (χ0v) is 27.7. The van der Waals surface area contributed by atoms with Crippen LogP contribution in [0.25, 0.3) is 11.1 Å². The van der Waals surface area contributed by atoms with E-state index in [1.165, 1.54) is 43.9 Å². The number of sulfonamides is 1. The van der Waals surface area contributed by atoms with E-state index in [1.807, 2.05) is 50.4 Å². The average Bonchev–Trinajstić information content (AvgIpc) is 3.00. The van der Waals surface area contributed by atoms with Crippen molar-refractivity contribution in [2.24, 2.45) is 5.92 Å². The van der Waals surface area contributed by atoms with Crippen molar-refractivity contribution in [3.8, 4) is 11.1 Å². The summed E-state index contributed by atoms with van der Waals surface area (Å²) in [6, 6.07) is 12.0. The Kier molecular flexibility index (Phi) is 14.6. The second-order valence-electron chi connectivity index (χ2n) is 11.8. The molecule has 1 amide bonds. The summed E-state index contributed by atoms with van der Waals surface area (Å²) in [6.45, 7) is 4.66. The first-order valence-corrected chi connectivity index (χ1v) is 18.8. The number of aryl methyl sites for hydroxylation is 1. The summed E-state index contributed by atoms with van der Waals surface area (Å²) in [5, 5.41) is 14.4. The Hall–Kier alpha value is -2.36. The number of hydrogen-bond acceptors (Lipinski definition) is 6. The number of thioether (sulfide) groups is 1. The van der Waals surface area contributed by atoms with Crippen molar-refractivity contribution in [1.29, 1.82) is 0 Å². The van der Waals surface area contributed by atoms with Crippen molar-refractivity contribution in [2.75, 3.05) is 24.3 Å². The van der Waals surface area contributed by atoms with Gasteiger partial charge in [0.2, 0.25) is 10.0 Å². The van der Waals surface area contributed by atoms with Crippen LogP contribution in [0.15, 0.2) is 42.5 Å². The minimum atomic E-state index is -3.45. The molecule has 0 radical (unpaired) electrons. The number of carboxylic acids is 1. The van der Waals surface area contributed by atoms with E-state index < -0.39 is 27.9 Å². The van der Waals surface area contributed by atoms with Crippen LogP contribution < -0.4 is 10.4 Å². The molecule has 0 saturated heterocycles. The molecule has 0 aliphatic heterocycles. The number of carbonyl (C=O) groups is 2. The van der Waals surface area contributed by atoms with Crippen LogP contribution in [-0.4, -0.2) is 54.9 Å². The molecule has 0 bridgehead atoms. The van der Waals surface area contributed by atoms with Crippen molar-refractivity contribution < 1.29 is 23.1 Å². The molecular weight excluding hydrogens is 581 g/mol. The summed E-state index contributed by atoms with van der Waals surface area (Å²) >= 11 is 1.50.